The number of aromatic nitrogens is 3. The van der Waals surface area contributed by atoms with Crippen molar-refractivity contribution in [2.75, 3.05) is 31.1 Å². The first-order chi connectivity index (χ1) is 13.2. The summed E-state index contributed by atoms with van der Waals surface area (Å²) in [4.78, 5) is 18.2. The molecule has 7 nitrogen and oxygen atoms in total. The number of hydrogen-bond acceptors (Lipinski definition) is 4. The highest BCUT2D eigenvalue weighted by atomic mass is 19.4. The molecule has 1 aliphatic heterocycles. The Morgan fingerprint density at radius 3 is 2.50 bits per heavy atom. The first kappa shape index (κ1) is 19.8. The van der Waals surface area contributed by atoms with Crippen molar-refractivity contribution in [1.82, 2.24) is 9.78 Å². The number of nitrogens with one attached hydrogen (secondary N) is 2. The number of piperazine rings is 1. The molecular formula is C18H21F3N6O+2. The zero-order chi connectivity index (χ0) is 20.5. The van der Waals surface area contributed by atoms with Crippen LogP contribution >= 0.6 is 0 Å². The largest absolute Gasteiger partial charge is 0.419 e. The summed E-state index contributed by atoms with van der Waals surface area (Å²) in [5.41, 5.74) is 0.255. The van der Waals surface area contributed by atoms with E-state index >= 15 is 0 Å². The minimum Gasteiger partial charge on any atom is -0.310 e. The second kappa shape index (κ2) is 7.59. The zero-order valence-electron chi connectivity index (χ0n) is 15.6. The lowest BCUT2D eigenvalue weighted by Gasteiger charge is -2.28. The molecule has 1 fully saturated rings. The van der Waals surface area contributed by atoms with E-state index < -0.39 is 17.3 Å². The Bertz CT molecular complexity index is 954. The zero-order valence-corrected chi connectivity index (χ0v) is 15.6. The molecule has 3 rings (SSSR count). The second-order valence-electron chi connectivity index (χ2n) is 6.86. The van der Waals surface area contributed by atoms with E-state index in [1.807, 2.05) is 11.0 Å². The lowest BCUT2D eigenvalue weighted by molar-refractivity contribution is -0.924. The van der Waals surface area contributed by atoms with Crippen LogP contribution in [0.3, 0.4) is 0 Å². The predicted molar refractivity (Wildman–Crippen MR) is 93.6 cm³/mol. The van der Waals surface area contributed by atoms with Crippen LogP contribution in [-0.4, -0.2) is 36.0 Å². The lowest BCUT2D eigenvalue weighted by atomic mass is 10.1. The van der Waals surface area contributed by atoms with Crippen molar-refractivity contribution in [3.8, 4) is 6.07 Å². The molecule has 0 aromatic carbocycles. The van der Waals surface area contributed by atoms with Crippen LogP contribution in [-0.2, 0) is 12.8 Å². The van der Waals surface area contributed by atoms with Crippen molar-refractivity contribution in [3.05, 3.63) is 51.1 Å². The van der Waals surface area contributed by atoms with Gasteiger partial charge < -0.3 is 4.90 Å². The van der Waals surface area contributed by atoms with Crippen molar-refractivity contribution in [2.24, 2.45) is 0 Å². The number of H-pyrrole nitrogens is 1. The smallest absolute Gasteiger partial charge is 0.310 e. The molecule has 0 aliphatic carbocycles. The van der Waals surface area contributed by atoms with E-state index in [1.165, 1.54) is 10.7 Å². The van der Waals surface area contributed by atoms with E-state index in [-0.39, 0.29) is 5.56 Å². The van der Waals surface area contributed by atoms with Crippen LogP contribution in [0, 0.1) is 25.2 Å². The van der Waals surface area contributed by atoms with E-state index in [0.717, 1.165) is 17.2 Å². The molecular weight excluding hydrogens is 373 g/mol. The summed E-state index contributed by atoms with van der Waals surface area (Å²) in [6.07, 6.45) is -3.40. The van der Waals surface area contributed by atoms with Crippen molar-refractivity contribution in [3.63, 3.8) is 0 Å². The molecule has 0 bridgehead atoms. The fourth-order valence-corrected chi connectivity index (χ4v) is 3.23. The number of halogens is 3. The minimum atomic E-state index is -4.37. The maximum absolute atomic E-state index is 12.7. The predicted octanol–water partition coefficient (Wildman–Crippen LogP) is -0.0727. The molecule has 1 saturated heterocycles. The van der Waals surface area contributed by atoms with Gasteiger partial charge in [0.15, 0.2) is 6.67 Å². The Morgan fingerprint density at radius 1 is 1.29 bits per heavy atom. The van der Waals surface area contributed by atoms with Gasteiger partial charge in [-0.05, 0) is 25.5 Å². The van der Waals surface area contributed by atoms with Gasteiger partial charge in [-0.2, -0.15) is 28.2 Å². The summed E-state index contributed by atoms with van der Waals surface area (Å²) in [5.74, 6) is 0.625. The summed E-state index contributed by atoms with van der Waals surface area (Å²) in [5, 5.41) is 13.5. The van der Waals surface area contributed by atoms with Gasteiger partial charge in [0.1, 0.15) is 44.0 Å². The molecule has 0 atom stereocenters. The standard InChI is InChI=1S/C18H19F3N6O/c1-12-13(2)24-27(17(28)15(12)9-22)11-25-5-7-26(8-6-25)16-4-3-14(10-23-16)18(19,20)21/h3-4,10H,5-8,11H2,1-2H3/p+2. The molecule has 3 heterocycles. The summed E-state index contributed by atoms with van der Waals surface area (Å²) >= 11 is 0. The fraction of sp³-hybridized carbons (Fsp3) is 0.444. The Morgan fingerprint density at radius 2 is 1.96 bits per heavy atom. The number of anilines is 1. The molecule has 0 unspecified atom stereocenters. The Kier molecular flexibility index (Phi) is 5.38. The third-order valence-electron chi connectivity index (χ3n) is 5.06. The summed E-state index contributed by atoms with van der Waals surface area (Å²) in [6.45, 7) is 6.46. The molecule has 0 amide bonds. The van der Waals surface area contributed by atoms with Gasteiger partial charge in [0.25, 0.3) is 11.4 Å². The van der Waals surface area contributed by atoms with Crippen LogP contribution in [0.25, 0.3) is 0 Å². The van der Waals surface area contributed by atoms with Crippen LogP contribution in [0.15, 0.2) is 23.1 Å². The molecule has 10 heteroatoms. The van der Waals surface area contributed by atoms with E-state index in [1.54, 1.807) is 13.8 Å². The highest BCUT2D eigenvalue weighted by Gasteiger charge is 2.33. The second-order valence-corrected chi connectivity index (χ2v) is 6.86. The summed E-state index contributed by atoms with van der Waals surface area (Å²) < 4.78 is 39.3. The number of pyridine rings is 1. The topological polar surface area (TPSA) is 80.5 Å². The Hall–Kier alpha value is -2.93. The first-order valence-corrected chi connectivity index (χ1v) is 8.86. The number of aromatic amines is 1. The van der Waals surface area contributed by atoms with Gasteiger partial charge in [0, 0.05) is 6.07 Å². The third-order valence-corrected chi connectivity index (χ3v) is 5.06. The van der Waals surface area contributed by atoms with Gasteiger partial charge >= 0.3 is 6.18 Å². The van der Waals surface area contributed by atoms with E-state index in [0.29, 0.717) is 49.9 Å². The van der Waals surface area contributed by atoms with E-state index in [4.69, 9.17) is 0 Å². The quantitative estimate of drug-likeness (QED) is 0.790. The highest BCUT2D eigenvalue weighted by Crippen LogP contribution is 2.28. The molecule has 0 spiro atoms. The Balaban J connectivity index is 1.66. The van der Waals surface area contributed by atoms with Gasteiger partial charge in [0.05, 0.1) is 11.3 Å². The maximum Gasteiger partial charge on any atom is 0.419 e. The van der Waals surface area contributed by atoms with Gasteiger partial charge in [-0.25, -0.2) is 4.98 Å². The number of rotatable bonds is 3. The average Bonchev–Trinajstić information content (AvgIpc) is 2.67. The molecule has 0 radical (unpaired) electrons. The molecule has 2 N–H and O–H groups in total. The molecule has 148 valence electrons. The number of aryl methyl sites for hydroxylation is 1. The van der Waals surface area contributed by atoms with Crippen molar-refractivity contribution in [2.45, 2.75) is 26.7 Å². The van der Waals surface area contributed by atoms with Crippen LogP contribution in [0.1, 0.15) is 22.4 Å². The van der Waals surface area contributed by atoms with Gasteiger partial charge in [0.2, 0.25) is 0 Å². The van der Waals surface area contributed by atoms with Crippen molar-refractivity contribution < 1.29 is 23.1 Å². The SMILES string of the molecule is Cc1nn(C[NH+]2CCN(c3ccc(C(F)(F)F)c[nH+]3)CC2)c(=O)c(C#N)c1C. The number of nitriles is 1. The van der Waals surface area contributed by atoms with Crippen molar-refractivity contribution in [1.29, 1.82) is 5.26 Å². The lowest BCUT2D eigenvalue weighted by Crippen LogP contribution is -3.14. The normalized spacial score (nSPS) is 15.5. The number of nitrogens with zero attached hydrogens (tertiary/aromatic N) is 4. The van der Waals surface area contributed by atoms with Crippen LogP contribution in [0.5, 0.6) is 0 Å². The van der Waals surface area contributed by atoms with Crippen LogP contribution < -0.4 is 20.3 Å². The first-order valence-electron chi connectivity index (χ1n) is 8.86. The van der Waals surface area contributed by atoms with Gasteiger partial charge in [-0.3, -0.25) is 9.69 Å². The number of alkyl halides is 3. The highest BCUT2D eigenvalue weighted by molar-refractivity contribution is 5.36. The summed E-state index contributed by atoms with van der Waals surface area (Å²) in [7, 11) is 0. The molecule has 1 aliphatic rings. The van der Waals surface area contributed by atoms with Gasteiger partial charge in [-0.1, -0.05) is 0 Å². The van der Waals surface area contributed by atoms with E-state index in [9.17, 15) is 23.2 Å². The fourth-order valence-electron chi connectivity index (χ4n) is 3.23. The van der Waals surface area contributed by atoms with Crippen LogP contribution in [0.2, 0.25) is 0 Å². The monoisotopic (exact) mass is 394 g/mol. The van der Waals surface area contributed by atoms with Crippen molar-refractivity contribution >= 4 is 5.82 Å². The molecule has 2 aromatic heterocycles. The maximum atomic E-state index is 12.7. The number of hydrogen-bond donors (Lipinski definition) is 1. The van der Waals surface area contributed by atoms with Gasteiger partial charge in [-0.15, -0.1) is 0 Å². The molecule has 0 saturated carbocycles. The third kappa shape index (κ3) is 3.99. The van der Waals surface area contributed by atoms with E-state index in [2.05, 4.69) is 10.1 Å². The summed E-state index contributed by atoms with van der Waals surface area (Å²) in [6, 6.07) is 4.45. The molecule has 2 aromatic rings. The van der Waals surface area contributed by atoms with Crippen LogP contribution in [0.4, 0.5) is 19.0 Å². The average molecular weight is 394 g/mol. The number of quaternary nitrogens is 1. The minimum absolute atomic E-state index is 0.116. The molecule has 28 heavy (non-hydrogen) atoms. The Labute approximate surface area is 159 Å².